The number of hydrogen-bond acceptors (Lipinski definition) is 9. The number of anilines is 2. The molecule has 0 saturated carbocycles. The third-order valence-corrected chi connectivity index (χ3v) is 6.48. The molecular weight excluding hydrogens is 484 g/mol. The largest absolute Gasteiger partial charge is 0.466 e. The molecule has 1 atom stereocenters. The molecule has 1 saturated heterocycles. The van der Waals surface area contributed by atoms with E-state index in [2.05, 4.69) is 11.0 Å². The van der Waals surface area contributed by atoms with Gasteiger partial charge in [0.1, 0.15) is 11.5 Å². The number of carbonyl (C=O) groups is 2. The van der Waals surface area contributed by atoms with Crippen LogP contribution in [0.1, 0.15) is 11.5 Å². The van der Waals surface area contributed by atoms with Crippen LogP contribution >= 0.6 is 11.6 Å². The number of methoxy groups -OCH3 is 2. The Labute approximate surface area is 213 Å². The molecule has 0 aromatic heterocycles. The van der Waals surface area contributed by atoms with Crippen molar-refractivity contribution >= 4 is 34.9 Å². The molecule has 1 fully saturated rings. The second kappa shape index (κ2) is 10.7. The maximum atomic E-state index is 13.2. The Hall–Kier alpha value is -4.00. The average molecular weight is 509 g/mol. The SMILES string of the molecule is COC(=O)C1=C(C(=O)OC)N(c2cc(N3CCOCC3)ccc2Cl)C(N)=C(C#N)C1c1ccccc1. The Morgan fingerprint density at radius 1 is 1.08 bits per heavy atom. The molecular formula is C26H25ClN4O5. The summed E-state index contributed by atoms with van der Waals surface area (Å²) in [5, 5.41) is 10.4. The van der Waals surface area contributed by atoms with E-state index in [-0.39, 0.29) is 27.7 Å². The van der Waals surface area contributed by atoms with Gasteiger partial charge in [-0.25, -0.2) is 9.59 Å². The minimum absolute atomic E-state index is 0.0413. The highest BCUT2D eigenvalue weighted by Crippen LogP contribution is 2.45. The lowest BCUT2D eigenvalue weighted by Gasteiger charge is -2.37. The second-order valence-electron chi connectivity index (χ2n) is 8.07. The monoisotopic (exact) mass is 508 g/mol. The van der Waals surface area contributed by atoms with Crippen LogP contribution in [-0.4, -0.2) is 52.5 Å². The Bertz CT molecular complexity index is 1280. The summed E-state index contributed by atoms with van der Waals surface area (Å²) in [5.41, 5.74) is 8.13. The van der Waals surface area contributed by atoms with Crippen LogP contribution in [0.15, 0.2) is 71.2 Å². The number of nitrogens with zero attached hydrogens (tertiary/aromatic N) is 3. The van der Waals surface area contributed by atoms with Crippen LogP contribution in [0.4, 0.5) is 11.4 Å². The quantitative estimate of drug-likeness (QED) is 0.608. The molecule has 0 radical (unpaired) electrons. The van der Waals surface area contributed by atoms with Gasteiger partial charge >= 0.3 is 11.9 Å². The number of morpholine rings is 1. The Kier molecular flexibility index (Phi) is 7.48. The fraction of sp³-hybridized carbons (Fsp3) is 0.269. The van der Waals surface area contributed by atoms with Crippen LogP contribution in [0.5, 0.6) is 0 Å². The third-order valence-electron chi connectivity index (χ3n) is 6.16. The fourth-order valence-electron chi connectivity index (χ4n) is 4.45. The van der Waals surface area contributed by atoms with Crippen LogP contribution < -0.4 is 15.5 Å². The number of benzene rings is 2. The van der Waals surface area contributed by atoms with Gasteiger partial charge in [-0.1, -0.05) is 41.9 Å². The lowest BCUT2D eigenvalue weighted by molar-refractivity contribution is -0.139. The van der Waals surface area contributed by atoms with Crippen molar-refractivity contribution in [1.82, 2.24) is 0 Å². The molecule has 2 heterocycles. The molecule has 4 rings (SSSR count). The molecule has 0 spiro atoms. The maximum Gasteiger partial charge on any atom is 0.355 e. The highest BCUT2D eigenvalue weighted by atomic mass is 35.5. The first-order valence-corrected chi connectivity index (χ1v) is 11.6. The van der Waals surface area contributed by atoms with E-state index < -0.39 is 17.9 Å². The molecule has 1 unspecified atom stereocenters. The Balaban J connectivity index is 2.00. The summed E-state index contributed by atoms with van der Waals surface area (Å²) in [6.07, 6.45) is 0. The standard InChI is InChI=1S/C26H25ClN4O5/c1-34-25(32)22-21(16-6-4-3-5-7-16)18(15-28)24(29)31(23(22)26(33)35-2)20-14-17(8-9-19(20)27)30-10-12-36-13-11-30/h3-9,14,21H,10-13,29H2,1-2H3. The van der Waals surface area contributed by atoms with Crippen molar-refractivity contribution in [3.05, 3.63) is 81.8 Å². The number of esters is 2. The average Bonchev–Trinajstić information content (AvgIpc) is 2.92. The van der Waals surface area contributed by atoms with E-state index in [4.69, 9.17) is 31.5 Å². The minimum atomic E-state index is -0.949. The molecule has 9 nitrogen and oxygen atoms in total. The zero-order valence-electron chi connectivity index (χ0n) is 19.9. The summed E-state index contributed by atoms with van der Waals surface area (Å²) >= 11 is 6.62. The van der Waals surface area contributed by atoms with Crippen molar-refractivity contribution in [2.45, 2.75) is 5.92 Å². The first kappa shape index (κ1) is 25.1. The minimum Gasteiger partial charge on any atom is -0.466 e. The number of ether oxygens (including phenoxy) is 3. The Morgan fingerprint density at radius 2 is 1.75 bits per heavy atom. The summed E-state index contributed by atoms with van der Waals surface area (Å²) in [5.74, 6) is -2.62. The number of carbonyl (C=O) groups excluding carboxylic acids is 2. The third kappa shape index (κ3) is 4.49. The predicted molar refractivity (Wildman–Crippen MR) is 134 cm³/mol. The van der Waals surface area contributed by atoms with Gasteiger partial charge in [0.25, 0.3) is 0 Å². The molecule has 2 N–H and O–H groups in total. The van der Waals surface area contributed by atoms with E-state index >= 15 is 0 Å². The summed E-state index contributed by atoms with van der Waals surface area (Å²) in [4.78, 5) is 29.8. The van der Waals surface area contributed by atoms with E-state index in [0.717, 1.165) is 5.69 Å². The summed E-state index contributed by atoms with van der Waals surface area (Å²) < 4.78 is 15.6. The molecule has 0 bridgehead atoms. The number of hydrogen-bond donors (Lipinski definition) is 1. The molecule has 36 heavy (non-hydrogen) atoms. The van der Waals surface area contributed by atoms with Crippen molar-refractivity contribution in [3.8, 4) is 6.07 Å². The fourth-order valence-corrected chi connectivity index (χ4v) is 4.66. The normalized spacial score (nSPS) is 18.1. The van der Waals surface area contributed by atoms with Gasteiger partial charge in [0.15, 0.2) is 0 Å². The molecule has 0 aliphatic carbocycles. The van der Waals surface area contributed by atoms with Crippen LogP contribution in [0.25, 0.3) is 0 Å². The second-order valence-corrected chi connectivity index (χ2v) is 8.48. The summed E-state index contributed by atoms with van der Waals surface area (Å²) in [7, 11) is 2.40. The van der Waals surface area contributed by atoms with Crippen LogP contribution in [-0.2, 0) is 23.8 Å². The topological polar surface area (TPSA) is 118 Å². The zero-order valence-corrected chi connectivity index (χ0v) is 20.6. The van der Waals surface area contributed by atoms with Crippen molar-refractivity contribution in [3.63, 3.8) is 0 Å². The summed E-state index contributed by atoms with van der Waals surface area (Å²) in [6.45, 7) is 2.47. The van der Waals surface area contributed by atoms with Gasteiger partial charge in [-0.05, 0) is 23.8 Å². The number of nitrogens with two attached hydrogens (primary N) is 1. The van der Waals surface area contributed by atoms with Crippen molar-refractivity contribution in [2.24, 2.45) is 5.73 Å². The molecule has 2 aliphatic heterocycles. The van der Waals surface area contributed by atoms with E-state index in [1.54, 1.807) is 42.5 Å². The first-order valence-electron chi connectivity index (χ1n) is 11.2. The zero-order chi connectivity index (χ0) is 25.8. The van der Waals surface area contributed by atoms with Gasteiger partial charge in [-0.15, -0.1) is 0 Å². The van der Waals surface area contributed by atoms with E-state index in [1.807, 2.05) is 6.07 Å². The molecule has 0 amide bonds. The predicted octanol–water partition coefficient (Wildman–Crippen LogP) is 3.07. The van der Waals surface area contributed by atoms with Crippen LogP contribution in [0.2, 0.25) is 5.02 Å². The molecule has 186 valence electrons. The van der Waals surface area contributed by atoms with Crippen LogP contribution in [0.3, 0.4) is 0 Å². The van der Waals surface area contributed by atoms with E-state index in [0.29, 0.717) is 37.6 Å². The van der Waals surface area contributed by atoms with Gasteiger partial charge in [0.05, 0.1) is 61.3 Å². The van der Waals surface area contributed by atoms with Gasteiger partial charge in [0, 0.05) is 18.8 Å². The van der Waals surface area contributed by atoms with Gasteiger partial charge in [-0.3, -0.25) is 4.90 Å². The molecule has 2 aliphatic rings. The molecule has 10 heteroatoms. The number of allylic oxidation sites excluding steroid dienone is 1. The van der Waals surface area contributed by atoms with Crippen molar-refractivity contribution in [1.29, 1.82) is 5.26 Å². The van der Waals surface area contributed by atoms with Crippen LogP contribution in [0, 0.1) is 11.3 Å². The van der Waals surface area contributed by atoms with Gasteiger partial charge in [0.2, 0.25) is 0 Å². The first-order chi connectivity index (χ1) is 17.4. The molecule has 2 aromatic carbocycles. The lowest BCUT2D eigenvalue weighted by atomic mass is 9.81. The highest BCUT2D eigenvalue weighted by Gasteiger charge is 2.43. The van der Waals surface area contributed by atoms with Crippen molar-refractivity contribution < 1.29 is 23.8 Å². The van der Waals surface area contributed by atoms with E-state index in [9.17, 15) is 14.9 Å². The van der Waals surface area contributed by atoms with E-state index in [1.165, 1.54) is 19.1 Å². The number of halogens is 1. The smallest absolute Gasteiger partial charge is 0.355 e. The van der Waals surface area contributed by atoms with Gasteiger partial charge < -0.3 is 24.8 Å². The number of nitriles is 1. The van der Waals surface area contributed by atoms with Crippen molar-refractivity contribution in [2.75, 3.05) is 50.3 Å². The lowest BCUT2D eigenvalue weighted by Crippen LogP contribution is -2.41. The van der Waals surface area contributed by atoms with Gasteiger partial charge in [-0.2, -0.15) is 5.26 Å². The molecule has 2 aromatic rings. The summed E-state index contributed by atoms with van der Waals surface area (Å²) in [6, 6.07) is 16.2. The number of rotatable bonds is 5. The Morgan fingerprint density at radius 3 is 2.36 bits per heavy atom. The highest BCUT2D eigenvalue weighted by molar-refractivity contribution is 6.33. The maximum absolute atomic E-state index is 13.2.